The first-order valence-electron chi connectivity index (χ1n) is 9.86. The Balaban J connectivity index is 1.86. The van der Waals surface area contributed by atoms with E-state index in [1.807, 2.05) is 30.9 Å². The van der Waals surface area contributed by atoms with E-state index in [9.17, 15) is 13.2 Å². The lowest BCUT2D eigenvalue weighted by atomic mass is 9.99. The van der Waals surface area contributed by atoms with Gasteiger partial charge in [-0.15, -0.1) is 11.3 Å². The Kier molecular flexibility index (Phi) is 6.57. The van der Waals surface area contributed by atoms with Crippen LogP contribution >= 0.6 is 11.3 Å². The van der Waals surface area contributed by atoms with Crippen LogP contribution in [0.15, 0.2) is 36.5 Å². The minimum absolute atomic E-state index is 0.196. The molecule has 3 N–H and O–H groups in total. The molecule has 3 rings (SSSR count). The van der Waals surface area contributed by atoms with E-state index in [1.54, 1.807) is 17.4 Å². The van der Waals surface area contributed by atoms with Gasteiger partial charge in [0.1, 0.15) is 0 Å². The van der Waals surface area contributed by atoms with Gasteiger partial charge in [0.05, 0.1) is 22.5 Å². The maximum absolute atomic E-state index is 13.3. The first-order chi connectivity index (χ1) is 14.1. The van der Waals surface area contributed by atoms with Crippen molar-refractivity contribution in [2.75, 3.05) is 11.9 Å². The molecule has 0 bridgehead atoms. The number of aryl methyl sites for hydroxylation is 2. The smallest absolute Gasteiger partial charge is 0.373 e. The highest BCUT2D eigenvalue weighted by molar-refractivity contribution is 7.16. The van der Waals surface area contributed by atoms with E-state index in [1.165, 1.54) is 17.7 Å². The van der Waals surface area contributed by atoms with Crippen LogP contribution in [0.4, 0.5) is 18.2 Å². The van der Waals surface area contributed by atoms with E-state index in [4.69, 9.17) is 5.73 Å². The van der Waals surface area contributed by atoms with E-state index < -0.39 is 11.7 Å². The summed E-state index contributed by atoms with van der Waals surface area (Å²) in [4.78, 5) is 1.12. The topological polar surface area (TPSA) is 55.9 Å². The highest BCUT2D eigenvalue weighted by Crippen LogP contribution is 2.38. The van der Waals surface area contributed by atoms with Gasteiger partial charge in [0, 0.05) is 35.6 Å². The van der Waals surface area contributed by atoms with Gasteiger partial charge in [-0.2, -0.15) is 18.3 Å². The van der Waals surface area contributed by atoms with Crippen LogP contribution in [0.3, 0.4) is 0 Å². The number of rotatable bonds is 7. The highest BCUT2D eigenvalue weighted by atomic mass is 32.1. The molecule has 0 amide bonds. The monoisotopic (exact) mass is 436 g/mol. The van der Waals surface area contributed by atoms with Gasteiger partial charge >= 0.3 is 6.18 Å². The lowest BCUT2D eigenvalue weighted by molar-refractivity contribution is -0.138. The molecule has 0 fully saturated rings. The third-order valence-corrected chi connectivity index (χ3v) is 6.16. The van der Waals surface area contributed by atoms with E-state index in [2.05, 4.69) is 24.3 Å². The van der Waals surface area contributed by atoms with Gasteiger partial charge in [-0.05, 0) is 37.0 Å². The second-order valence-electron chi connectivity index (χ2n) is 7.74. The molecule has 0 aliphatic heterocycles. The standard InChI is InChI=1S/C22H27F3N4S/c1-13(2)18-12-27-29(4)21(18)17-10-20(30-14(17)3)28-16(11-26)9-15-7-5-6-8-19(15)22(23,24)25/h5-8,10,12-13,16,28H,9,11,26H2,1-4H3/t16-/m0/s1. The number of aromatic nitrogens is 2. The Morgan fingerprint density at radius 2 is 1.93 bits per heavy atom. The normalized spacial score (nSPS) is 13.1. The van der Waals surface area contributed by atoms with E-state index in [0.29, 0.717) is 5.92 Å². The zero-order chi connectivity index (χ0) is 22.1. The molecule has 1 atom stereocenters. The first-order valence-corrected chi connectivity index (χ1v) is 10.7. The van der Waals surface area contributed by atoms with Gasteiger partial charge in [-0.1, -0.05) is 32.0 Å². The third-order valence-electron chi connectivity index (χ3n) is 5.18. The van der Waals surface area contributed by atoms with Crippen LogP contribution < -0.4 is 11.1 Å². The summed E-state index contributed by atoms with van der Waals surface area (Å²) < 4.78 is 41.8. The Bertz CT molecular complexity index is 1000. The van der Waals surface area contributed by atoms with Crippen molar-refractivity contribution in [1.29, 1.82) is 0 Å². The number of halogens is 3. The zero-order valence-electron chi connectivity index (χ0n) is 17.5. The number of hydrogen-bond donors (Lipinski definition) is 2. The predicted molar refractivity (Wildman–Crippen MR) is 117 cm³/mol. The van der Waals surface area contributed by atoms with Gasteiger partial charge in [0.25, 0.3) is 0 Å². The second-order valence-corrected chi connectivity index (χ2v) is 9.00. The Hall–Kier alpha value is -2.32. The minimum Gasteiger partial charge on any atom is -0.373 e. The molecule has 30 heavy (non-hydrogen) atoms. The van der Waals surface area contributed by atoms with Crippen molar-refractivity contribution >= 4 is 16.3 Å². The summed E-state index contributed by atoms with van der Waals surface area (Å²) in [6.45, 7) is 6.52. The Morgan fingerprint density at radius 1 is 1.23 bits per heavy atom. The van der Waals surface area contributed by atoms with Crippen LogP contribution in [0.5, 0.6) is 0 Å². The molecule has 3 aromatic rings. The average molecular weight is 437 g/mol. The number of thiophene rings is 1. The van der Waals surface area contributed by atoms with Crippen LogP contribution in [-0.4, -0.2) is 22.4 Å². The fourth-order valence-corrected chi connectivity index (χ4v) is 4.63. The van der Waals surface area contributed by atoms with Crippen molar-refractivity contribution in [3.63, 3.8) is 0 Å². The van der Waals surface area contributed by atoms with Crippen molar-refractivity contribution in [2.24, 2.45) is 12.8 Å². The molecule has 2 heterocycles. The molecule has 0 saturated carbocycles. The van der Waals surface area contributed by atoms with Crippen LogP contribution in [0.2, 0.25) is 0 Å². The van der Waals surface area contributed by atoms with Gasteiger partial charge < -0.3 is 11.1 Å². The summed E-state index contributed by atoms with van der Waals surface area (Å²) in [7, 11) is 1.92. The van der Waals surface area contributed by atoms with Crippen molar-refractivity contribution in [1.82, 2.24) is 9.78 Å². The summed E-state index contributed by atoms with van der Waals surface area (Å²) in [5.74, 6) is 0.333. The zero-order valence-corrected chi connectivity index (χ0v) is 18.4. The first kappa shape index (κ1) is 22.4. The van der Waals surface area contributed by atoms with E-state index >= 15 is 0 Å². The van der Waals surface area contributed by atoms with Crippen LogP contribution in [-0.2, 0) is 19.6 Å². The predicted octanol–water partition coefficient (Wildman–Crippen LogP) is 5.58. The summed E-state index contributed by atoms with van der Waals surface area (Å²) >= 11 is 1.58. The lowest BCUT2D eigenvalue weighted by Crippen LogP contribution is -2.31. The molecule has 0 aliphatic carbocycles. The number of nitrogens with two attached hydrogens (primary N) is 1. The molecule has 162 valence electrons. The third kappa shape index (κ3) is 4.70. The van der Waals surface area contributed by atoms with Crippen molar-refractivity contribution in [3.8, 4) is 11.3 Å². The maximum Gasteiger partial charge on any atom is 0.416 e. The summed E-state index contributed by atoms with van der Waals surface area (Å²) in [5.41, 5.74) is 8.86. The van der Waals surface area contributed by atoms with Crippen molar-refractivity contribution < 1.29 is 13.2 Å². The minimum atomic E-state index is -4.38. The molecule has 1 aromatic carbocycles. The Morgan fingerprint density at radius 3 is 2.57 bits per heavy atom. The second kappa shape index (κ2) is 8.81. The van der Waals surface area contributed by atoms with Crippen LogP contribution in [0, 0.1) is 6.92 Å². The average Bonchev–Trinajstić information content (AvgIpc) is 3.22. The summed E-state index contributed by atoms with van der Waals surface area (Å²) in [6, 6.07) is 7.40. The summed E-state index contributed by atoms with van der Waals surface area (Å²) in [6.07, 6.45) is -2.29. The molecule has 4 nitrogen and oxygen atoms in total. The van der Waals surface area contributed by atoms with Crippen LogP contribution in [0.25, 0.3) is 11.3 Å². The largest absolute Gasteiger partial charge is 0.416 e. The highest BCUT2D eigenvalue weighted by Gasteiger charge is 2.33. The molecule has 2 aromatic heterocycles. The van der Waals surface area contributed by atoms with Gasteiger partial charge in [0.2, 0.25) is 0 Å². The number of alkyl halides is 3. The molecule has 8 heteroatoms. The number of nitrogens with zero attached hydrogens (tertiary/aromatic N) is 2. The van der Waals surface area contributed by atoms with E-state index in [-0.39, 0.29) is 24.6 Å². The van der Waals surface area contributed by atoms with Crippen molar-refractivity contribution in [2.45, 2.75) is 45.3 Å². The summed E-state index contributed by atoms with van der Waals surface area (Å²) in [5, 5.41) is 8.64. The van der Waals surface area contributed by atoms with E-state index in [0.717, 1.165) is 27.2 Å². The molecule has 0 spiro atoms. The molecular formula is C22H27F3N4S. The molecular weight excluding hydrogens is 409 g/mol. The molecule has 0 unspecified atom stereocenters. The molecule has 0 radical (unpaired) electrons. The van der Waals surface area contributed by atoms with Crippen LogP contribution in [0.1, 0.15) is 41.3 Å². The fraction of sp³-hybridized carbons (Fsp3) is 0.409. The maximum atomic E-state index is 13.3. The number of nitrogens with one attached hydrogen (secondary N) is 1. The molecule has 0 aliphatic rings. The lowest BCUT2D eigenvalue weighted by Gasteiger charge is -2.20. The molecule has 0 saturated heterocycles. The number of anilines is 1. The van der Waals surface area contributed by atoms with Gasteiger partial charge in [0.15, 0.2) is 0 Å². The Labute approximate surface area is 178 Å². The SMILES string of the molecule is Cc1sc(N[C@H](CN)Cc2ccccc2C(F)(F)F)cc1-c1c(C(C)C)cnn1C. The number of hydrogen-bond acceptors (Lipinski definition) is 4. The van der Waals surface area contributed by atoms with Gasteiger partial charge in [-0.3, -0.25) is 4.68 Å². The quantitative estimate of drug-likeness (QED) is 0.508. The van der Waals surface area contributed by atoms with Crippen molar-refractivity contribution in [3.05, 3.63) is 58.1 Å². The number of benzene rings is 1. The fourth-order valence-electron chi connectivity index (χ4n) is 3.63. The van der Waals surface area contributed by atoms with Gasteiger partial charge in [-0.25, -0.2) is 0 Å².